The van der Waals surface area contributed by atoms with Crippen LogP contribution in [0.5, 0.6) is 0 Å². The van der Waals surface area contributed by atoms with Gasteiger partial charge in [0, 0.05) is 18.2 Å². The molecular formula is C28H37FN2O8S. The lowest BCUT2D eigenvalue weighted by Crippen LogP contribution is -2.48. The number of aromatic nitrogens is 1. The lowest BCUT2D eigenvalue weighted by molar-refractivity contribution is -0.144. The van der Waals surface area contributed by atoms with E-state index in [9.17, 15) is 14.0 Å². The highest BCUT2D eigenvalue weighted by atomic mass is 32.3. The molecule has 1 aromatic rings. The number of fused-ring (bicyclic) bond motifs is 2. The number of carbonyl (C=O) groups is 2. The number of amides is 1. The zero-order valence-corrected chi connectivity index (χ0v) is 23.6. The minimum absolute atomic E-state index is 0.0654. The summed E-state index contributed by atoms with van der Waals surface area (Å²) in [4.78, 5) is 29.1. The summed E-state index contributed by atoms with van der Waals surface area (Å²) in [5, 5.41) is 2.99. The molecule has 3 fully saturated rings. The zero-order valence-electron chi connectivity index (χ0n) is 22.8. The Morgan fingerprint density at radius 1 is 1.30 bits per heavy atom. The first kappa shape index (κ1) is 31.4. The van der Waals surface area contributed by atoms with Crippen molar-refractivity contribution in [2.75, 3.05) is 6.61 Å². The first-order chi connectivity index (χ1) is 18.8. The van der Waals surface area contributed by atoms with Crippen molar-refractivity contribution in [3.05, 3.63) is 54.1 Å². The predicted molar refractivity (Wildman–Crippen MR) is 147 cm³/mol. The van der Waals surface area contributed by atoms with Crippen LogP contribution >= 0.6 is 0 Å². The van der Waals surface area contributed by atoms with E-state index in [-0.39, 0.29) is 47.8 Å². The molecule has 2 aliphatic carbocycles. The van der Waals surface area contributed by atoms with E-state index in [1.807, 2.05) is 25.1 Å². The minimum Gasteiger partial charge on any atom is -0.462 e. The van der Waals surface area contributed by atoms with Gasteiger partial charge in [0.05, 0.1) is 24.0 Å². The second-order valence-corrected chi connectivity index (χ2v) is 11.4. The van der Waals surface area contributed by atoms with E-state index in [1.54, 1.807) is 13.1 Å². The molecule has 0 spiro atoms. The summed E-state index contributed by atoms with van der Waals surface area (Å²) in [6.07, 6.45) is 10.3. The van der Waals surface area contributed by atoms with E-state index in [1.165, 1.54) is 13.0 Å². The van der Waals surface area contributed by atoms with E-state index in [0.29, 0.717) is 24.0 Å². The van der Waals surface area contributed by atoms with Gasteiger partial charge in [0.1, 0.15) is 6.10 Å². The maximum atomic E-state index is 13.2. The Morgan fingerprint density at radius 2 is 2.00 bits per heavy atom. The van der Waals surface area contributed by atoms with Crippen molar-refractivity contribution in [2.45, 2.75) is 58.6 Å². The van der Waals surface area contributed by atoms with E-state index in [0.717, 1.165) is 36.9 Å². The van der Waals surface area contributed by atoms with E-state index >= 15 is 0 Å². The number of alkyl carbamates (subject to hydrolysis) is 1. The molecule has 1 amide bonds. The van der Waals surface area contributed by atoms with Crippen LogP contribution < -0.4 is 5.32 Å². The average Bonchev–Trinajstić information content (AvgIpc) is 3.13. The second kappa shape index (κ2) is 13.5. The molecule has 40 heavy (non-hydrogen) atoms. The molecule has 7 atom stereocenters. The molecule has 0 unspecified atom stereocenters. The van der Waals surface area contributed by atoms with Crippen LogP contribution in [-0.2, 0) is 24.7 Å². The maximum Gasteiger partial charge on any atom is 0.407 e. The molecule has 4 rings (SSSR count). The van der Waals surface area contributed by atoms with E-state index < -0.39 is 10.4 Å². The molecule has 2 saturated carbocycles. The van der Waals surface area contributed by atoms with Gasteiger partial charge < -0.3 is 14.8 Å². The third-order valence-electron chi connectivity index (χ3n) is 7.77. The third-order valence-corrected chi connectivity index (χ3v) is 7.77. The van der Waals surface area contributed by atoms with Crippen molar-refractivity contribution in [3.8, 4) is 0 Å². The number of allylic oxidation sites excluding steroid dienone is 4. The minimum atomic E-state index is -4.67. The highest BCUT2D eigenvalue weighted by Gasteiger charge is 2.54. The Morgan fingerprint density at radius 3 is 2.60 bits per heavy atom. The molecule has 12 heteroatoms. The number of halogens is 1. The third kappa shape index (κ3) is 8.70. The number of esters is 1. The Kier molecular flexibility index (Phi) is 10.6. The van der Waals surface area contributed by atoms with Crippen LogP contribution in [0.3, 0.4) is 0 Å². The number of cyclic esters (lactones) is 1. The lowest BCUT2D eigenvalue weighted by Gasteiger charge is -2.47. The van der Waals surface area contributed by atoms with Crippen molar-refractivity contribution in [2.24, 2.45) is 29.6 Å². The Labute approximate surface area is 234 Å². The van der Waals surface area contributed by atoms with Gasteiger partial charge in [-0.3, -0.25) is 18.9 Å². The summed E-state index contributed by atoms with van der Waals surface area (Å²) >= 11 is 0. The predicted octanol–water partition coefficient (Wildman–Crippen LogP) is 5.06. The van der Waals surface area contributed by atoms with E-state index in [4.69, 9.17) is 27.0 Å². The van der Waals surface area contributed by atoms with Crippen LogP contribution in [0.4, 0.5) is 9.18 Å². The molecule has 1 aromatic heterocycles. The number of hydrogen-bond donors (Lipinski definition) is 3. The van der Waals surface area contributed by atoms with Gasteiger partial charge in [0.15, 0.2) is 0 Å². The maximum absolute atomic E-state index is 13.2. The zero-order chi connectivity index (χ0) is 29.6. The number of carbonyl (C=O) groups excluding carboxylic acids is 2. The number of rotatable bonds is 6. The summed E-state index contributed by atoms with van der Waals surface area (Å²) in [5.74, 6) is 0.576. The fourth-order valence-corrected chi connectivity index (χ4v) is 6.31. The summed E-state index contributed by atoms with van der Waals surface area (Å²) in [6.45, 7) is 9.42. The SMILES string of the molecule is C=C(/C=C(\C)F)c1ccc(/C=C/[C@@H]2[C@H]3CC[C@H](NC(=O)OCC)C[C@@H]3C[C@@H]3C(=O)O[C@@H](C)[C@H]23)nc1.O=S(=O)(O)O. The summed E-state index contributed by atoms with van der Waals surface area (Å²) in [6, 6.07) is 3.85. The molecular weight excluding hydrogens is 543 g/mol. The van der Waals surface area contributed by atoms with Crippen LogP contribution in [0.2, 0.25) is 0 Å². The lowest BCUT2D eigenvalue weighted by atomic mass is 9.57. The normalized spacial score (nSPS) is 29.9. The molecule has 3 aliphatic rings. The highest BCUT2D eigenvalue weighted by molar-refractivity contribution is 7.79. The molecule has 0 aromatic carbocycles. The first-order valence-corrected chi connectivity index (χ1v) is 14.7. The molecule has 220 valence electrons. The van der Waals surface area contributed by atoms with Crippen LogP contribution in [0.1, 0.15) is 57.7 Å². The fourth-order valence-electron chi connectivity index (χ4n) is 6.31. The monoisotopic (exact) mass is 580 g/mol. The molecule has 10 nitrogen and oxygen atoms in total. The van der Waals surface area contributed by atoms with Gasteiger partial charge >= 0.3 is 22.5 Å². The Hall–Kier alpha value is -3.09. The average molecular weight is 581 g/mol. The summed E-state index contributed by atoms with van der Waals surface area (Å²) < 4.78 is 55.5. The quantitative estimate of drug-likeness (QED) is 0.238. The van der Waals surface area contributed by atoms with Gasteiger partial charge in [-0.15, -0.1) is 0 Å². The van der Waals surface area contributed by atoms with Crippen molar-refractivity contribution in [3.63, 3.8) is 0 Å². The van der Waals surface area contributed by atoms with Gasteiger partial charge in [0.2, 0.25) is 0 Å². The van der Waals surface area contributed by atoms with Gasteiger partial charge in [0.25, 0.3) is 0 Å². The summed E-state index contributed by atoms with van der Waals surface area (Å²) in [5.41, 5.74) is 2.15. The highest BCUT2D eigenvalue weighted by Crippen LogP contribution is 2.53. The van der Waals surface area contributed by atoms with Gasteiger partial charge in [-0.1, -0.05) is 18.7 Å². The number of hydrogen-bond acceptors (Lipinski definition) is 7. The van der Waals surface area contributed by atoms with Crippen LogP contribution in [0.25, 0.3) is 11.6 Å². The topological polar surface area (TPSA) is 152 Å². The van der Waals surface area contributed by atoms with Crippen molar-refractivity contribution >= 4 is 34.1 Å². The van der Waals surface area contributed by atoms with Crippen molar-refractivity contribution in [1.82, 2.24) is 10.3 Å². The molecule has 3 N–H and O–H groups in total. The van der Waals surface area contributed by atoms with Gasteiger partial charge in [-0.05, 0) is 93.6 Å². The summed E-state index contributed by atoms with van der Waals surface area (Å²) in [7, 11) is -4.67. The molecule has 1 saturated heterocycles. The van der Waals surface area contributed by atoms with E-state index in [2.05, 4.69) is 23.0 Å². The Balaban J connectivity index is 0.000000810. The molecule has 0 radical (unpaired) electrons. The second-order valence-electron chi connectivity index (χ2n) is 10.5. The Bertz CT molecular complexity index is 1240. The fraction of sp³-hybridized carbons (Fsp3) is 0.536. The van der Waals surface area contributed by atoms with Crippen LogP contribution in [0, 0.1) is 29.6 Å². The molecule has 2 heterocycles. The number of nitrogens with zero attached hydrogens (tertiary/aromatic N) is 1. The number of pyridine rings is 1. The molecule has 0 bridgehead atoms. The number of nitrogens with one attached hydrogen (secondary N) is 1. The van der Waals surface area contributed by atoms with Crippen LogP contribution in [0.15, 0.2) is 42.9 Å². The molecule has 1 aliphatic heterocycles. The number of ether oxygens (including phenoxy) is 2. The standard InChI is InChI=1S/C28H35FN2O4.H2O4S/c1-5-34-28(33)31-22-9-10-23-20(13-22)14-25-26(18(4)35-27(25)32)24(23)11-8-21-7-6-19(15-30-21)16(2)12-17(3)29;1-5(2,3)4/h6-8,11-12,15,18,20,22-26H,2,5,9-10,13-14H2,1,3-4H3,(H,31,33);(H2,1,2,3,4)/b11-8+,17-12+;/t18-,20+,22-,23-,24+,25-,26+;/m0./s1. The van der Waals surface area contributed by atoms with Gasteiger partial charge in [-0.2, -0.15) is 8.42 Å². The van der Waals surface area contributed by atoms with Crippen molar-refractivity contribution in [1.29, 1.82) is 0 Å². The van der Waals surface area contributed by atoms with Crippen molar-refractivity contribution < 1.29 is 41.0 Å². The van der Waals surface area contributed by atoms with Crippen LogP contribution in [-0.4, -0.2) is 53.3 Å². The van der Waals surface area contributed by atoms with Gasteiger partial charge in [-0.25, -0.2) is 9.18 Å². The largest absolute Gasteiger partial charge is 0.462 e. The first-order valence-electron chi connectivity index (χ1n) is 13.3. The smallest absolute Gasteiger partial charge is 0.407 e.